The minimum atomic E-state index is -3.64. The second kappa shape index (κ2) is 9.94. The van der Waals surface area contributed by atoms with E-state index in [2.05, 4.69) is 10.0 Å². The van der Waals surface area contributed by atoms with Gasteiger partial charge in [-0.15, -0.1) is 0 Å². The van der Waals surface area contributed by atoms with Crippen LogP contribution in [0.4, 0.5) is 9.18 Å². The predicted octanol–water partition coefficient (Wildman–Crippen LogP) is 1.87. The van der Waals surface area contributed by atoms with Crippen LogP contribution in [-0.4, -0.2) is 63.9 Å². The molecule has 11 heteroatoms. The van der Waals surface area contributed by atoms with Crippen molar-refractivity contribution in [2.75, 3.05) is 38.7 Å². The first-order valence-electron chi connectivity index (χ1n) is 11.4. The number of halogens is 1. The molecule has 1 aromatic carbocycles. The van der Waals surface area contributed by atoms with E-state index in [1.807, 2.05) is 0 Å². The number of urea groups is 1. The summed E-state index contributed by atoms with van der Waals surface area (Å²) in [5.41, 5.74) is -0.335. The zero-order valence-corrected chi connectivity index (χ0v) is 19.3. The molecular weight excluding hydrogens is 453 g/mol. The second-order valence-electron chi connectivity index (χ2n) is 9.04. The number of carbonyl (C=O) groups excluding carboxylic acids is 2. The van der Waals surface area contributed by atoms with Crippen LogP contribution >= 0.6 is 0 Å². The number of hydrogen-bond donors (Lipinski definition) is 2. The molecule has 1 unspecified atom stereocenters. The van der Waals surface area contributed by atoms with Gasteiger partial charge in [0.05, 0.1) is 24.5 Å². The standard InChI is InChI=1S/C22H30FN3O6S/c23-18-7-6-17(12-19(18)32-14-16-4-5-16)22(8-10-31-15-22)25-33(29,30)11-3-1-2-9-26-13-20(27)24-21(26)28/h6-7,12,16,25H,1-5,8-11,13-15H2,(H,24,27,28). The zero-order chi connectivity index (χ0) is 23.5. The minimum Gasteiger partial charge on any atom is -0.490 e. The van der Waals surface area contributed by atoms with E-state index >= 15 is 0 Å². The van der Waals surface area contributed by atoms with Crippen LogP contribution < -0.4 is 14.8 Å². The molecule has 182 valence electrons. The molecular formula is C22H30FN3O6S. The Hall–Kier alpha value is -2.24. The molecule has 2 N–H and O–H groups in total. The van der Waals surface area contributed by atoms with Gasteiger partial charge in [-0.25, -0.2) is 22.3 Å². The van der Waals surface area contributed by atoms with Crippen LogP contribution in [0.25, 0.3) is 0 Å². The van der Waals surface area contributed by atoms with Crippen LogP contribution in [0.1, 0.15) is 44.1 Å². The van der Waals surface area contributed by atoms with Crippen LogP contribution in [-0.2, 0) is 25.1 Å². The fourth-order valence-electron chi connectivity index (χ4n) is 4.12. The van der Waals surface area contributed by atoms with Crippen LogP contribution in [0.2, 0.25) is 0 Å². The number of benzene rings is 1. The molecule has 0 spiro atoms. The van der Waals surface area contributed by atoms with Crippen molar-refractivity contribution < 1.29 is 31.9 Å². The fourth-order valence-corrected chi connectivity index (χ4v) is 5.68. The maximum Gasteiger partial charge on any atom is 0.324 e. The van der Waals surface area contributed by atoms with Gasteiger partial charge in [-0.2, -0.15) is 0 Å². The van der Waals surface area contributed by atoms with Gasteiger partial charge in [0.25, 0.3) is 0 Å². The molecule has 9 nitrogen and oxygen atoms in total. The van der Waals surface area contributed by atoms with Crippen LogP contribution in [0.3, 0.4) is 0 Å². The fraction of sp³-hybridized carbons (Fsp3) is 0.636. The van der Waals surface area contributed by atoms with Crippen LogP contribution in [0.15, 0.2) is 18.2 Å². The van der Waals surface area contributed by atoms with Crippen molar-refractivity contribution in [3.63, 3.8) is 0 Å². The number of nitrogens with one attached hydrogen (secondary N) is 2. The number of unbranched alkanes of at least 4 members (excludes halogenated alkanes) is 2. The number of hydrogen-bond acceptors (Lipinski definition) is 6. The Morgan fingerprint density at radius 3 is 2.73 bits per heavy atom. The first kappa shape index (κ1) is 23.9. The summed E-state index contributed by atoms with van der Waals surface area (Å²) in [6, 6.07) is 4.07. The van der Waals surface area contributed by atoms with E-state index in [1.165, 1.54) is 11.0 Å². The Labute approximate surface area is 193 Å². The summed E-state index contributed by atoms with van der Waals surface area (Å²) in [4.78, 5) is 24.2. The first-order chi connectivity index (χ1) is 15.8. The molecule has 0 bridgehead atoms. The Kier molecular flexibility index (Phi) is 7.20. The Morgan fingerprint density at radius 1 is 1.24 bits per heavy atom. The summed E-state index contributed by atoms with van der Waals surface area (Å²) in [7, 11) is -3.64. The molecule has 3 amide bonds. The average molecular weight is 484 g/mol. The summed E-state index contributed by atoms with van der Waals surface area (Å²) in [6.07, 6.45) is 4.22. The lowest BCUT2D eigenvalue weighted by molar-refractivity contribution is -0.118. The zero-order valence-electron chi connectivity index (χ0n) is 18.5. The van der Waals surface area contributed by atoms with Gasteiger partial charge >= 0.3 is 6.03 Å². The smallest absolute Gasteiger partial charge is 0.324 e. The SMILES string of the molecule is O=C1CN(CCCCCS(=O)(=O)NC2(c3ccc(F)c(OCC4CC4)c3)CCOC2)C(=O)N1. The number of rotatable bonds is 12. The number of carbonyl (C=O) groups is 2. The highest BCUT2D eigenvalue weighted by Crippen LogP contribution is 2.35. The summed E-state index contributed by atoms with van der Waals surface area (Å²) >= 11 is 0. The van der Waals surface area contributed by atoms with E-state index in [1.54, 1.807) is 12.1 Å². The Balaban J connectivity index is 1.33. The third kappa shape index (κ3) is 6.21. The molecule has 1 aromatic rings. The van der Waals surface area contributed by atoms with E-state index in [0.29, 0.717) is 56.9 Å². The third-order valence-corrected chi connectivity index (χ3v) is 7.76. The number of nitrogens with zero attached hydrogens (tertiary/aromatic N) is 1. The average Bonchev–Trinajstić information content (AvgIpc) is 3.38. The highest BCUT2D eigenvalue weighted by Gasteiger charge is 2.40. The van der Waals surface area contributed by atoms with Gasteiger partial charge in [-0.05, 0) is 55.7 Å². The predicted molar refractivity (Wildman–Crippen MR) is 118 cm³/mol. The van der Waals surface area contributed by atoms with Crippen molar-refractivity contribution >= 4 is 22.0 Å². The summed E-state index contributed by atoms with van der Waals surface area (Å²) in [5, 5.41) is 2.21. The van der Waals surface area contributed by atoms with Gasteiger partial charge in [0.15, 0.2) is 11.6 Å². The monoisotopic (exact) mass is 483 g/mol. The highest BCUT2D eigenvalue weighted by molar-refractivity contribution is 7.89. The lowest BCUT2D eigenvalue weighted by Crippen LogP contribution is -2.47. The van der Waals surface area contributed by atoms with Crippen molar-refractivity contribution in [3.8, 4) is 5.75 Å². The van der Waals surface area contributed by atoms with Crippen molar-refractivity contribution in [3.05, 3.63) is 29.6 Å². The van der Waals surface area contributed by atoms with Gasteiger partial charge in [-0.1, -0.05) is 12.5 Å². The number of imide groups is 1. The van der Waals surface area contributed by atoms with Crippen LogP contribution in [0, 0.1) is 11.7 Å². The summed E-state index contributed by atoms with van der Waals surface area (Å²) in [6.45, 7) is 1.48. The highest BCUT2D eigenvalue weighted by atomic mass is 32.2. The van der Waals surface area contributed by atoms with E-state index in [9.17, 15) is 22.4 Å². The molecule has 2 aliphatic heterocycles. The maximum atomic E-state index is 14.2. The van der Waals surface area contributed by atoms with E-state index in [-0.39, 0.29) is 30.6 Å². The lowest BCUT2D eigenvalue weighted by atomic mass is 9.90. The molecule has 1 aliphatic carbocycles. The number of sulfonamides is 1. The Bertz CT molecular complexity index is 992. The molecule has 1 atom stereocenters. The number of ether oxygens (including phenoxy) is 2. The van der Waals surface area contributed by atoms with E-state index in [0.717, 1.165) is 12.8 Å². The van der Waals surface area contributed by atoms with Gasteiger partial charge in [0.1, 0.15) is 6.54 Å². The lowest BCUT2D eigenvalue weighted by Gasteiger charge is -2.29. The molecule has 4 rings (SSSR count). The first-order valence-corrected chi connectivity index (χ1v) is 13.0. The minimum absolute atomic E-state index is 0.0469. The van der Waals surface area contributed by atoms with Gasteiger partial charge in [0.2, 0.25) is 15.9 Å². The normalized spacial score (nSPS) is 23.2. The van der Waals surface area contributed by atoms with Crippen LogP contribution in [0.5, 0.6) is 5.75 Å². The summed E-state index contributed by atoms with van der Waals surface area (Å²) < 4.78 is 53.9. The molecule has 0 aromatic heterocycles. The van der Waals surface area contributed by atoms with Gasteiger partial charge in [0, 0.05) is 13.2 Å². The van der Waals surface area contributed by atoms with Crippen molar-refractivity contribution in [2.24, 2.45) is 5.92 Å². The maximum absolute atomic E-state index is 14.2. The van der Waals surface area contributed by atoms with Crippen molar-refractivity contribution in [1.82, 2.24) is 14.9 Å². The molecule has 33 heavy (non-hydrogen) atoms. The third-order valence-electron chi connectivity index (χ3n) is 6.24. The van der Waals surface area contributed by atoms with E-state index in [4.69, 9.17) is 9.47 Å². The molecule has 2 saturated heterocycles. The number of amides is 3. The van der Waals surface area contributed by atoms with Gasteiger partial charge in [-0.3, -0.25) is 10.1 Å². The van der Waals surface area contributed by atoms with E-state index < -0.39 is 27.4 Å². The van der Waals surface area contributed by atoms with Crippen molar-refractivity contribution in [2.45, 2.75) is 44.1 Å². The summed E-state index contributed by atoms with van der Waals surface area (Å²) in [5.74, 6) is -0.265. The van der Waals surface area contributed by atoms with Gasteiger partial charge < -0.3 is 14.4 Å². The molecule has 3 fully saturated rings. The van der Waals surface area contributed by atoms with Crippen molar-refractivity contribution in [1.29, 1.82) is 0 Å². The largest absolute Gasteiger partial charge is 0.490 e. The quantitative estimate of drug-likeness (QED) is 0.347. The molecule has 3 aliphatic rings. The second-order valence-corrected chi connectivity index (χ2v) is 10.9. The molecule has 1 saturated carbocycles. The topological polar surface area (TPSA) is 114 Å². The Morgan fingerprint density at radius 2 is 2.06 bits per heavy atom. The molecule has 2 heterocycles. The molecule has 0 radical (unpaired) electrons.